The monoisotopic (exact) mass is 485 g/mol. The number of ether oxygens (including phenoxy) is 2. The maximum absolute atomic E-state index is 14.1. The van der Waals surface area contributed by atoms with Crippen LogP contribution >= 0.6 is 0 Å². The minimum Gasteiger partial charge on any atom is -0.491 e. The molecule has 3 unspecified atom stereocenters. The first-order valence-corrected chi connectivity index (χ1v) is 11.9. The average Bonchev–Trinajstić information content (AvgIpc) is 3.36. The summed E-state index contributed by atoms with van der Waals surface area (Å²) in [7, 11) is 1.31. The van der Waals surface area contributed by atoms with Crippen molar-refractivity contribution in [3.63, 3.8) is 0 Å². The number of benzene rings is 1. The number of hydrogen-bond acceptors (Lipinski definition) is 5. The molecule has 2 amide bonds. The number of amides is 2. The lowest BCUT2D eigenvalue weighted by molar-refractivity contribution is -0.147. The summed E-state index contributed by atoms with van der Waals surface area (Å²) < 4.78 is 40.8. The number of hydrogen-bond donors (Lipinski definition) is 1. The van der Waals surface area contributed by atoms with Gasteiger partial charge in [0.05, 0.1) is 19.3 Å². The molecule has 0 radical (unpaired) electrons. The summed E-state index contributed by atoms with van der Waals surface area (Å²) in [5.41, 5.74) is -0.0879. The van der Waals surface area contributed by atoms with Crippen LogP contribution in [-0.2, 0) is 11.3 Å². The van der Waals surface area contributed by atoms with Crippen molar-refractivity contribution in [3.8, 4) is 5.75 Å². The molecule has 1 aromatic carbocycles. The van der Waals surface area contributed by atoms with E-state index in [9.17, 15) is 23.2 Å². The van der Waals surface area contributed by atoms with Crippen molar-refractivity contribution in [1.82, 2.24) is 14.8 Å². The molecule has 0 spiro atoms. The van der Waals surface area contributed by atoms with E-state index in [0.717, 1.165) is 31.4 Å². The second kappa shape index (κ2) is 7.87. The van der Waals surface area contributed by atoms with Crippen molar-refractivity contribution in [3.05, 3.63) is 62.6 Å². The van der Waals surface area contributed by atoms with Gasteiger partial charge in [0.1, 0.15) is 17.2 Å². The van der Waals surface area contributed by atoms with Crippen LogP contribution in [0.25, 0.3) is 0 Å². The Morgan fingerprint density at radius 3 is 2.77 bits per heavy atom. The molecule has 2 aromatic rings. The highest BCUT2D eigenvalue weighted by molar-refractivity contribution is 6.01. The molecule has 2 bridgehead atoms. The standard InChI is InChI=1S/C25H25F2N3O5/c1-11-7-17-25-29(14-5-6-15(9-14)35-25)24(33)20-22(34-2)21(31)18(19(11)30(17)20)23(32)28-10-12-3-4-13(26)8-16(12)27/h3-4,8,11,14-15,17,25H,5-7,9-10H2,1-2H3,(H,28,32)/t11?,14?,15?,17-,25-/m1/s1. The van der Waals surface area contributed by atoms with Gasteiger partial charge in [0.2, 0.25) is 5.43 Å². The molecule has 4 aliphatic rings. The largest absolute Gasteiger partial charge is 0.491 e. The summed E-state index contributed by atoms with van der Waals surface area (Å²) in [4.78, 5) is 42.3. The number of carbonyl (C=O) groups is 2. The third-order valence-electron chi connectivity index (χ3n) is 7.81. The first-order valence-electron chi connectivity index (χ1n) is 11.9. The third-order valence-corrected chi connectivity index (χ3v) is 7.81. The molecule has 1 aromatic heterocycles. The highest BCUT2D eigenvalue weighted by Crippen LogP contribution is 2.50. The molecule has 10 heteroatoms. The lowest BCUT2D eigenvalue weighted by Crippen LogP contribution is -2.58. The maximum Gasteiger partial charge on any atom is 0.276 e. The third kappa shape index (κ3) is 3.15. The van der Waals surface area contributed by atoms with Gasteiger partial charge in [-0.2, -0.15) is 0 Å². The van der Waals surface area contributed by atoms with Crippen LogP contribution in [0.5, 0.6) is 5.75 Å². The number of aromatic nitrogens is 1. The minimum atomic E-state index is -0.794. The van der Waals surface area contributed by atoms with Crippen molar-refractivity contribution in [2.75, 3.05) is 7.11 Å². The Kier molecular flexibility index (Phi) is 5.00. The Bertz CT molecular complexity index is 1330. The molecule has 1 N–H and O–H groups in total. The number of rotatable bonds is 4. The van der Waals surface area contributed by atoms with Crippen LogP contribution in [0.4, 0.5) is 8.78 Å². The van der Waals surface area contributed by atoms with E-state index in [1.54, 1.807) is 9.47 Å². The van der Waals surface area contributed by atoms with E-state index in [-0.39, 0.29) is 59.1 Å². The Morgan fingerprint density at radius 1 is 1.23 bits per heavy atom. The number of pyridine rings is 1. The fourth-order valence-corrected chi connectivity index (χ4v) is 6.32. The highest BCUT2D eigenvalue weighted by Gasteiger charge is 2.55. The van der Waals surface area contributed by atoms with E-state index < -0.39 is 29.2 Å². The van der Waals surface area contributed by atoms with Gasteiger partial charge in [-0.1, -0.05) is 13.0 Å². The van der Waals surface area contributed by atoms with Crippen molar-refractivity contribution in [1.29, 1.82) is 0 Å². The van der Waals surface area contributed by atoms with Crippen LogP contribution in [0, 0.1) is 11.6 Å². The summed E-state index contributed by atoms with van der Waals surface area (Å²) in [5.74, 6) is -2.90. The average molecular weight is 485 g/mol. The molecule has 3 aliphatic heterocycles. The van der Waals surface area contributed by atoms with Gasteiger partial charge >= 0.3 is 0 Å². The molecule has 8 nitrogen and oxygen atoms in total. The highest BCUT2D eigenvalue weighted by atomic mass is 19.1. The topological polar surface area (TPSA) is 89.9 Å². The van der Waals surface area contributed by atoms with E-state index in [4.69, 9.17) is 9.47 Å². The molecule has 6 rings (SSSR count). The first kappa shape index (κ1) is 22.2. The van der Waals surface area contributed by atoms with E-state index in [1.165, 1.54) is 13.2 Å². The zero-order valence-corrected chi connectivity index (χ0v) is 19.3. The summed E-state index contributed by atoms with van der Waals surface area (Å²) >= 11 is 0. The normalized spacial score (nSPS) is 28.1. The zero-order chi connectivity index (χ0) is 24.6. The first-order chi connectivity index (χ1) is 16.8. The van der Waals surface area contributed by atoms with E-state index in [1.807, 2.05) is 6.92 Å². The van der Waals surface area contributed by atoms with Gasteiger partial charge in [0.15, 0.2) is 17.7 Å². The van der Waals surface area contributed by atoms with Crippen LogP contribution in [0.1, 0.15) is 76.7 Å². The Hall–Kier alpha value is -3.27. The lowest BCUT2D eigenvalue weighted by atomic mass is 9.98. The van der Waals surface area contributed by atoms with Crippen molar-refractivity contribution >= 4 is 11.8 Å². The summed E-state index contributed by atoms with van der Waals surface area (Å²) in [5, 5.41) is 2.58. The molecule has 4 heterocycles. The predicted molar refractivity (Wildman–Crippen MR) is 119 cm³/mol. The van der Waals surface area contributed by atoms with Gasteiger partial charge < -0.3 is 24.3 Å². The quantitative estimate of drug-likeness (QED) is 0.720. The summed E-state index contributed by atoms with van der Waals surface area (Å²) in [6.45, 7) is 1.68. The number of methoxy groups -OCH3 is 1. The molecule has 35 heavy (non-hydrogen) atoms. The van der Waals surface area contributed by atoms with Gasteiger partial charge in [-0.25, -0.2) is 8.78 Å². The number of nitrogens with one attached hydrogen (secondary N) is 1. The molecule has 1 saturated heterocycles. The van der Waals surface area contributed by atoms with Crippen molar-refractivity contribution < 1.29 is 27.8 Å². The fraction of sp³-hybridized carbons (Fsp3) is 0.480. The van der Waals surface area contributed by atoms with Gasteiger partial charge in [-0.05, 0) is 37.7 Å². The van der Waals surface area contributed by atoms with Crippen molar-refractivity contribution in [2.24, 2.45) is 0 Å². The van der Waals surface area contributed by atoms with Gasteiger partial charge in [-0.3, -0.25) is 14.4 Å². The molecule has 5 atom stereocenters. The SMILES string of the molecule is COc1c2n3c(c(C(=O)NCc4ccc(F)cc4F)c1=O)C(C)C[C@@H]3[C@H]1OC3CCC(C3)N1C2=O. The molecule has 1 aliphatic carbocycles. The van der Waals surface area contributed by atoms with Crippen LogP contribution in [0.2, 0.25) is 0 Å². The van der Waals surface area contributed by atoms with Gasteiger partial charge in [-0.15, -0.1) is 0 Å². The summed E-state index contributed by atoms with van der Waals surface area (Å²) in [6.07, 6.45) is 2.77. The Balaban J connectivity index is 1.44. The van der Waals surface area contributed by atoms with Crippen LogP contribution < -0.4 is 15.5 Å². The van der Waals surface area contributed by atoms with E-state index in [2.05, 4.69) is 5.32 Å². The lowest BCUT2D eigenvalue weighted by Gasteiger charge is -2.47. The van der Waals surface area contributed by atoms with Crippen molar-refractivity contribution in [2.45, 2.75) is 69.5 Å². The second-order valence-electron chi connectivity index (χ2n) is 9.79. The molecule has 2 fully saturated rings. The smallest absolute Gasteiger partial charge is 0.276 e. The Morgan fingerprint density at radius 2 is 2.03 bits per heavy atom. The van der Waals surface area contributed by atoms with Crippen LogP contribution in [-0.4, -0.2) is 46.8 Å². The molecular weight excluding hydrogens is 460 g/mol. The number of nitrogens with zero attached hydrogens (tertiary/aromatic N) is 2. The maximum atomic E-state index is 14.1. The van der Waals surface area contributed by atoms with Crippen LogP contribution in [0.3, 0.4) is 0 Å². The number of halogens is 2. The van der Waals surface area contributed by atoms with E-state index >= 15 is 0 Å². The minimum absolute atomic E-state index is 0.0627. The number of fused-ring (bicyclic) bond motifs is 5. The van der Waals surface area contributed by atoms with Gasteiger partial charge in [0, 0.05) is 29.9 Å². The second-order valence-corrected chi connectivity index (χ2v) is 9.79. The zero-order valence-electron chi connectivity index (χ0n) is 19.3. The predicted octanol–water partition coefficient (Wildman–Crippen LogP) is 2.85. The number of carbonyl (C=O) groups excluding carboxylic acids is 2. The van der Waals surface area contributed by atoms with E-state index in [0.29, 0.717) is 12.1 Å². The van der Waals surface area contributed by atoms with Gasteiger partial charge in [0.25, 0.3) is 11.8 Å². The Labute approximate surface area is 199 Å². The molecule has 1 saturated carbocycles. The molecule has 184 valence electrons. The summed E-state index contributed by atoms with van der Waals surface area (Å²) in [6, 6.07) is 2.89. The van der Waals surface area contributed by atoms with Crippen LogP contribution in [0.15, 0.2) is 23.0 Å². The molecular formula is C25H25F2N3O5. The fourth-order valence-electron chi connectivity index (χ4n) is 6.32.